The molecule has 0 radical (unpaired) electrons. The number of hydrogen-bond donors (Lipinski definition) is 1. The van der Waals surface area contributed by atoms with Crippen LogP contribution in [0, 0.1) is 0 Å². The van der Waals surface area contributed by atoms with E-state index in [2.05, 4.69) is 41.7 Å². The summed E-state index contributed by atoms with van der Waals surface area (Å²) in [5.41, 5.74) is 0. The molecule has 0 atom stereocenters. The van der Waals surface area contributed by atoms with Crippen LogP contribution in [-0.2, 0) is 0 Å². The van der Waals surface area contributed by atoms with Crippen molar-refractivity contribution in [3.05, 3.63) is 95.9 Å². The second-order valence-electron chi connectivity index (χ2n) is 7.27. The SMILES string of the molecule is CC=c1cc(Nc2cc3ccccc3c(-n3cccc3)n2)nc(-n2cccc2)c1=CC. The summed E-state index contributed by atoms with van der Waals surface area (Å²) in [6.45, 7) is 4.09. The van der Waals surface area contributed by atoms with Gasteiger partial charge in [-0.3, -0.25) is 0 Å². The molecule has 0 saturated heterocycles. The van der Waals surface area contributed by atoms with Crippen molar-refractivity contribution < 1.29 is 0 Å². The molecule has 4 aromatic heterocycles. The lowest BCUT2D eigenvalue weighted by Crippen LogP contribution is -2.30. The van der Waals surface area contributed by atoms with Crippen LogP contribution in [-0.4, -0.2) is 19.1 Å². The maximum atomic E-state index is 4.92. The van der Waals surface area contributed by atoms with E-state index in [1.807, 2.05) is 84.2 Å². The van der Waals surface area contributed by atoms with Crippen molar-refractivity contribution in [3.8, 4) is 11.6 Å². The van der Waals surface area contributed by atoms with E-state index in [1.54, 1.807) is 0 Å². The van der Waals surface area contributed by atoms with Gasteiger partial charge in [0.2, 0.25) is 0 Å². The lowest BCUT2D eigenvalue weighted by molar-refractivity contribution is 0.988. The summed E-state index contributed by atoms with van der Waals surface area (Å²) in [5.74, 6) is 3.28. The number of pyridine rings is 2. The van der Waals surface area contributed by atoms with Crippen LogP contribution in [0.1, 0.15) is 13.8 Å². The Hall–Kier alpha value is -4.12. The number of nitrogens with zero attached hydrogens (tertiary/aromatic N) is 4. The first-order valence-electron chi connectivity index (χ1n) is 10.3. The molecule has 0 unspecified atom stereocenters. The van der Waals surface area contributed by atoms with Gasteiger partial charge < -0.3 is 14.5 Å². The zero-order valence-corrected chi connectivity index (χ0v) is 17.5. The largest absolute Gasteiger partial charge is 0.325 e. The van der Waals surface area contributed by atoms with Crippen molar-refractivity contribution in [1.29, 1.82) is 0 Å². The number of hydrogen-bond acceptors (Lipinski definition) is 3. The minimum Gasteiger partial charge on any atom is -0.325 e. The smallest absolute Gasteiger partial charge is 0.146 e. The molecule has 152 valence electrons. The Bertz CT molecular complexity index is 1460. The van der Waals surface area contributed by atoms with Crippen molar-refractivity contribution in [2.24, 2.45) is 0 Å². The van der Waals surface area contributed by atoms with Crippen LogP contribution in [0.15, 0.2) is 85.5 Å². The van der Waals surface area contributed by atoms with Crippen LogP contribution >= 0.6 is 0 Å². The van der Waals surface area contributed by atoms with E-state index in [0.717, 1.165) is 44.5 Å². The molecule has 4 heterocycles. The predicted molar refractivity (Wildman–Crippen MR) is 127 cm³/mol. The van der Waals surface area contributed by atoms with Gasteiger partial charge in [0, 0.05) is 35.4 Å². The maximum absolute atomic E-state index is 4.92. The minimum atomic E-state index is 0.753. The third kappa shape index (κ3) is 3.51. The Balaban J connectivity index is 1.66. The van der Waals surface area contributed by atoms with Crippen LogP contribution < -0.4 is 15.8 Å². The number of anilines is 2. The van der Waals surface area contributed by atoms with Crippen LogP contribution in [0.4, 0.5) is 11.6 Å². The van der Waals surface area contributed by atoms with Crippen molar-refractivity contribution in [2.75, 3.05) is 5.32 Å². The molecule has 1 aromatic carbocycles. The molecule has 0 spiro atoms. The lowest BCUT2D eigenvalue weighted by Gasteiger charge is -2.13. The molecule has 0 bridgehead atoms. The first kappa shape index (κ1) is 18.9. The highest BCUT2D eigenvalue weighted by Crippen LogP contribution is 2.25. The van der Waals surface area contributed by atoms with Crippen molar-refractivity contribution in [1.82, 2.24) is 19.1 Å². The third-order valence-electron chi connectivity index (χ3n) is 5.34. The average molecular weight is 406 g/mol. The van der Waals surface area contributed by atoms with Gasteiger partial charge in [0.15, 0.2) is 0 Å². The van der Waals surface area contributed by atoms with Crippen molar-refractivity contribution >= 4 is 34.6 Å². The summed E-state index contributed by atoms with van der Waals surface area (Å²) >= 11 is 0. The molecule has 0 aliphatic rings. The van der Waals surface area contributed by atoms with Gasteiger partial charge in [0.1, 0.15) is 23.3 Å². The molecule has 31 heavy (non-hydrogen) atoms. The fraction of sp³-hybridized carbons (Fsp3) is 0.0769. The molecular formula is C26H23N5. The predicted octanol–water partition coefficient (Wildman–Crippen LogP) is 4.56. The molecule has 5 heteroatoms. The van der Waals surface area contributed by atoms with Crippen LogP contribution in [0.5, 0.6) is 0 Å². The van der Waals surface area contributed by atoms with Gasteiger partial charge in [-0.25, -0.2) is 9.97 Å². The summed E-state index contributed by atoms with van der Waals surface area (Å²) in [4.78, 5) is 9.83. The first-order valence-corrected chi connectivity index (χ1v) is 10.3. The first-order chi connectivity index (χ1) is 15.3. The molecule has 5 aromatic rings. The van der Waals surface area contributed by atoms with Crippen LogP contribution in [0.3, 0.4) is 0 Å². The van der Waals surface area contributed by atoms with Crippen LogP contribution in [0.25, 0.3) is 34.6 Å². The van der Waals surface area contributed by atoms with E-state index in [9.17, 15) is 0 Å². The molecule has 0 aliphatic carbocycles. The normalized spacial score (nSPS) is 12.6. The molecule has 0 saturated carbocycles. The molecule has 5 rings (SSSR count). The van der Waals surface area contributed by atoms with E-state index >= 15 is 0 Å². The third-order valence-corrected chi connectivity index (χ3v) is 5.34. The Morgan fingerprint density at radius 3 is 2.00 bits per heavy atom. The molecular weight excluding hydrogens is 382 g/mol. The van der Waals surface area contributed by atoms with Crippen molar-refractivity contribution in [3.63, 3.8) is 0 Å². The van der Waals surface area contributed by atoms with Gasteiger partial charge in [-0.15, -0.1) is 0 Å². The molecule has 0 fully saturated rings. The molecule has 5 nitrogen and oxygen atoms in total. The Kier molecular flexibility index (Phi) is 4.84. The summed E-state index contributed by atoms with van der Waals surface area (Å²) in [5, 5.41) is 7.89. The Labute approximate surface area is 180 Å². The summed E-state index contributed by atoms with van der Waals surface area (Å²) < 4.78 is 4.07. The lowest BCUT2D eigenvalue weighted by atomic mass is 10.1. The number of benzene rings is 1. The fourth-order valence-electron chi connectivity index (χ4n) is 3.88. The maximum Gasteiger partial charge on any atom is 0.146 e. The highest BCUT2D eigenvalue weighted by atomic mass is 15.1. The van der Waals surface area contributed by atoms with Gasteiger partial charge in [0.05, 0.1) is 0 Å². The average Bonchev–Trinajstić information content (AvgIpc) is 3.52. The van der Waals surface area contributed by atoms with Crippen LogP contribution in [0.2, 0.25) is 0 Å². The van der Waals surface area contributed by atoms with Gasteiger partial charge in [0.25, 0.3) is 0 Å². The minimum absolute atomic E-state index is 0.753. The van der Waals surface area contributed by atoms with E-state index < -0.39 is 0 Å². The second kappa shape index (κ2) is 7.95. The molecule has 1 N–H and O–H groups in total. The van der Waals surface area contributed by atoms with Gasteiger partial charge >= 0.3 is 0 Å². The summed E-state index contributed by atoms with van der Waals surface area (Å²) in [6.07, 6.45) is 12.2. The zero-order valence-electron chi connectivity index (χ0n) is 17.5. The highest BCUT2D eigenvalue weighted by Gasteiger charge is 2.10. The monoisotopic (exact) mass is 405 g/mol. The topological polar surface area (TPSA) is 47.7 Å². The standard InChI is InChI=1S/C26H23N5/c1-3-19-17-23(28-25(21(19)4-2)30-13-7-8-14-30)27-24-18-20-11-5-6-12-22(20)26(29-24)31-15-9-10-16-31/h3-18H,1-2H3,(H,27,29). The van der Waals surface area contributed by atoms with Crippen molar-refractivity contribution in [2.45, 2.75) is 13.8 Å². The fourth-order valence-corrected chi connectivity index (χ4v) is 3.88. The van der Waals surface area contributed by atoms with E-state index in [4.69, 9.17) is 9.97 Å². The highest BCUT2D eigenvalue weighted by molar-refractivity contribution is 5.91. The quantitative estimate of drug-likeness (QED) is 0.477. The summed E-state index contributed by atoms with van der Waals surface area (Å²) in [6, 6.07) is 20.4. The Morgan fingerprint density at radius 2 is 1.32 bits per heavy atom. The van der Waals surface area contributed by atoms with E-state index in [-0.39, 0.29) is 0 Å². The van der Waals surface area contributed by atoms with E-state index in [0.29, 0.717) is 0 Å². The van der Waals surface area contributed by atoms with Gasteiger partial charge in [-0.05, 0) is 60.9 Å². The van der Waals surface area contributed by atoms with Gasteiger partial charge in [-0.2, -0.15) is 0 Å². The number of rotatable bonds is 4. The summed E-state index contributed by atoms with van der Waals surface area (Å²) in [7, 11) is 0. The second-order valence-corrected chi connectivity index (χ2v) is 7.27. The number of aromatic nitrogens is 4. The van der Waals surface area contributed by atoms with E-state index in [1.165, 1.54) is 0 Å². The number of nitrogens with one attached hydrogen (secondary N) is 1. The Morgan fingerprint density at radius 1 is 0.710 bits per heavy atom. The molecule has 0 aliphatic heterocycles. The molecule has 0 amide bonds. The number of fused-ring (bicyclic) bond motifs is 1. The van der Waals surface area contributed by atoms with Gasteiger partial charge in [-0.1, -0.05) is 36.4 Å². The zero-order chi connectivity index (χ0) is 21.2.